The van der Waals surface area contributed by atoms with Crippen LogP contribution in [0.2, 0.25) is 0 Å². The van der Waals surface area contributed by atoms with Gasteiger partial charge in [-0.2, -0.15) is 5.26 Å². The number of carbonyl (C=O) groups is 2. The van der Waals surface area contributed by atoms with Crippen LogP contribution in [0.1, 0.15) is 35.2 Å². The van der Waals surface area contributed by atoms with E-state index >= 15 is 0 Å². The van der Waals surface area contributed by atoms with Crippen molar-refractivity contribution in [3.05, 3.63) is 59.2 Å². The van der Waals surface area contributed by atoms with E-state index in [9.17, 15) is 18.4 Å². The summed E-state index contributed by atoms with van der Waals surface area (Å²) in [7, 11) is 1.41. The van der Waals surface area contributed by atoms with Gasteiger partial charge in [0, 0.05) is 12.7 Å². The van der Waals surface area contributed by atoms with Crippen LogP contribution in [0.5, 0.6) is 0 Å². The van der Waals surface area contributed by atoms with Gasteiger partial charge in [0.05, 0.1) is 22.9 Å². The Morgan fingerprint density at radius 3 is 2.39 bits per heavy atom. The number of benzene rings is 2. The van der Waals surface area contributed by atoms with Gasteiger partial charge >= 0.3 is 0 Å². The summed E-state index contributed by atoms with van der Waals surface area (Å²) in [5.41, 5.74) is -0.626. The van der Waals surface area contributed by atoms with E-state index in [1.165, 1.54) is 31.3 Å². The second-order valence-electron chi connectivity index (χ2n) is 6.59. The van der Waals surface area contributed by atoms with Crippen LogP contribution in [-0.4, -0.2) is 24.4 Å². The van der Waals surface area contributed by atoms with E-state index in [1.54, 1.807) is 0 Å². The molecule has 28 heavy (non-hydrogen) atoms. The van der Waals surface area contributed by atoms with Crippen LogP contribution < -0.4 is 16.0 Å². The van der Waals surface area contributed by atoms with Gasteiger partial charge in [0.15, 0.2) is 0 Å². The van der Waals surface area contributed by atoms with E-state index in [-0.39, 0.29) is 16.8 Å². The van der Waals surface area contributed by atoms with Gasteiger partial charge in [-0.25, -0.2) is 8.78 Å². The fraction of sp³-hybridized carbons (Fsp3) is 0.250. The molecule has 1 aliphatic carbocycles. The lowest BCUT2D eigenvalue weighted by Crippen LogP contribution is -2.55. The summed E-state index contributed by atoms with van der Waals surface area (Å²) in [6, 6.07) is 9.61. The molecule has 0 atom stereocenters. The fourth-order valence-electron chi connectivity index (χ4n) is 3.06. The van der Waals surface area contributed by atoms with Gasteiger partial charge in [0.25, 0.3) is 5.91 Å². The average Bonchev–Trinajstić information content (AvgIpc) is 2.65. The third kappa shape index (κ3) is 3.64. The zero-order chi connectivity index (χ0) is 20.3. The highest BCUT2D eigenvalue weighted by molar-refractivity contribution is 6.01. The standard InChI is InChI=1S/C20H18F2N4O2/c1-24-18(27)14-5-4-13(10-15(14)21)26-20(7-2-8-20)19(28)25-17-6-3-12(11-23)9-16(17)22/h3-6,9-10,26H,2,7-8H2,1H3,(H,24,27)(H,25,28). The fourth-order valence-corrected chi connectivity index (χ4v) is 3.06. The predicted octanol–water partition coefficient (Wildman–Crippen LogP) is 3.17. The maximum atomic E-state index is 14.2. The maximum Gasteiger partial charge on any atom is 0.253 e. The number of hydrogen-bond donors (Lipinski definition) is 3. The predicted molar refractivity (Wildman–Crippen MR) is 99.7 cm³/mol. The first kappa shape index (κ1) is 19.3. The Labute approximate surface area is 160 Å². The molecule has 0 unspecified atom stereocenters. The first-order chi connectivity index (χ1) is 13.4. The van der Waals surface area contributed by atoms with Gasteiger partial charge in [-0.15, -0.1) is 0 Å². The molecule has 3 rings (SSSR count). The number of carbonyl (C=O) groups excluding carboxylic acids is 2. The minimum atomic E-state index is -0.999. The lowest BCUT2D eigenvalue weighted by atomic mass is 9.75. The molecular weight excluding hydrogens is 366 g/mol. The summed E-state index contributed by atoms with van der Waals surface area (Å²) < 4.78 is 28.2. The topological polar surface area (TPSA) is 94.0 Å². The van der Waals surface area contributed by atoms with Crippen LogP contribution in [0.15, 0.2) is 36.4 Å². The molecule has 0 radical (unpaired) electrons. The molecule has 2 amide bonds. The van der Waals surface area contributed by atoms with Crippen LogP contribution in [0.3, 0.4) is 0 Å². The van der Waals surface area contributed by atoms with Crippen LogP contribution in [0.25, 0.3) is 0 Å². The maximum absolute atomic E-state index is 14.2. The Kier molecular flexibility index (Phi) is 5.27. The van der Waals surface area contributed by atoms with Gasteiger partial charge in [0.2, 0.25) is 5.91 Å². The molecule has 1 fully saturated rings. The van der Waals surface area contributed by atoms with Crippen molar-refractivity contribution in [2.75, 3.05) is 17.7 Å². The van der Waals surface area contributed by atoms with E-state index in [1.807, 2.05) is 6.07 Å². The van der Waals surface area contributed by atoms with Crippen molar-refractivity contribution < 1.29 is 18.4 Å². The van der Waals surface area contributed by atoms with Crippen molar-refractivity contribution in [2.45, 2.75) is 24.8 Å². The van der Waals surface area contributed by atoms with E-state index in [2.05, 4.69) is 16.0 Å². The van der Waals surface area contributed by atoms with Crippen molar-refractivity contribution in [1.82, 2.24) is 5.32 Å². The first-order valence-electron chi connectivity index (χ1n) is 8.69. The number of nitrogens with one attached hydrogen (secondary N) is 3. The van der Waals surface area contributed by atoms with Gasteiger partial charge in [0.1, 0.15) is 17.2 Å². The lowest BCUT2D eigenvalue weighted by molar-refractivity contribution is -0.122. The highest BCUT2D eigenvalue weighted by Crippen LogP contribution is 2.37. The number of halogens is 2. The van der Waals surface area contributed by atoms with Crippen LogP contribution in [0, 0.1) is 23.0 Å². The van der Waals surface area contributed by atoms with E-state index in [0.717, 1.165) is 18.6 Å². The molecule has 0 bridgehead atoms. The zero-order valence-corrected chi connectivity index (χ0v) is 15.1. The Hall–Kier alpha value is -3.47. The summed E-state index contributed by atoms with van der Waals surface area (Å²) in [6.45, 7) is 0. The van der Waals surface area contributed by atoms with E-state index < -0.39 is 29.0 Å². The number of nitriles is 1. The normalized spacial score (nSPS) is 14.4. The molecule has 144 valence electrons. The molecule has 0 spiro atoms. The monoisotopic (exact) mass is 384 g/mol. The molecule has 3 N–H and O–H groups in total. The minimum Gasteiger partial charge on any atom is -0.371 e. The molecule has 8 heteroatoms. The quantitative estimate of drug-likeness (QED) is 0.738. The molecule has 0 aliphatic heterocycles. The lowest BCUT2D eigenvalue weighted by Gasteiger charge is -2.41. The highest BCUT2D eigenvalue weighted by Gasteiger charge is 2.44. The molecule has 0 saturated heterocycles. The Morgan fingerprint density at radius 1 is 1.11 bits per heavy atom. The Bertz CT molecular complexity index is 981. The highest BCUT2D eigenvalue weighted by atomic mass is 19.1. The second-order valence-corrected chi connectivity index (χ2v) is 6.59. The molecule has 0 aromatic heterocycles. The molecule has 6 nitrogen and oxygen atoms in total. The SMILES string of the molecule is CNC(=O)c1ccc(NC2(C(=O)Nc3ccc(C#N)cc3F)CCC2)cc1F. The molecule has 2 aromatic rings. The number of rotatable bonds is 5. The van der Waals surface area contributed by atoms with Gasteiger partial charge in [-0.05, 0) is 55.7 Å². The Balaban J connectivity index is 1.78. The van der Waals surface area contributed by atoms with Crippen molar-refractivity contribution in [2.24, 2.45) is 0 Å². The number of amides is 2. The average molecular weight is 384 g/mol. The van der Waals surface area contributed by atoms with Crippen molar-refractivity contribution in [1.29, 1.82) is 5.26 Å². The van der Waals surface area contributed by atoms with Gasteiger partial charge in [-0.3, -0.25) is 9.59 Å². The third-order valence-electron chi connectivity index (χ3n) is 4.81. The summed E-state index contributed by atoms with van der Waals surface area (Å²) in [6.07, 6.45) is 1.78. The van der Waals surface area contributed by atoms with Gasteiger partial charge in [-0.1, -0.05) is 0 Å². The summed E-state index contributed by atoms with van der Waals surface area (Å²) in [5.74, 6) is -2.41. The molecule has 1 saturated carbocycles. The molecule has 1 aliphatic rings. The second kappa shape index (κ2) is 7.64. The number of anilines is 2. The molecule has 2 aromatic carbocycles. The summed E-state index contributed by atoms with van der Waals surface area (Å²) in [5, 5.41) is 16.7. The first-order valence-corrected chi connectivity index (χ1v) is 8.69. The summed E-state index contributed by atoms with van der Waals surface area (Å²) >= 11 is 0. The summed E-state index contributed by atoms with van der Waals surface area (Å²) in [4.78, 5) is 24.4. The van der Waals surface area contributed by atoms with E-state index in [4.69, 9.17) is 5.26 Å². The molecule has 0 heterocycles. The largest absolute Gasteiger partial charge is 0.371 e. The van der Waals surface area contributed by atoms with Crippen molar-refractivity contribution in [3.8, 4) is 6.07 Å². The Morgan fingerprint density at radius 2 is 1.86 bits per heavy atom. The van der Waals surface area contributed by atoms with Gasteiger partial charge < -0.3 is 16.0 Å². The number of nitrogens with zero attached hydrogens (tertiary/aromatic N) is 1. The van der Waals surface area contributed by atoms with E-state index in [0.29, 0.717) is 18.5 Å². The van der Waals surface area contributed by atoms with Crippen LogP contribution >= 0.6 is 0 Å². The van der Waals surface area contributed by atoms with Crippen LogP contribution in [-0.2, 0) is 4.79 Å². The number of hydrogen-bond acceptors (Lipinski definition) is 4. The van der Waals surface area contributed by atoms with Crippen LogP contribution in [0.4, 0.5) is 20.2 Å². The van der Waals surface area contributed by atoms with Crippen molar-refractivity contribution >= 4 is 23.2 Å². The molecular formula is C20H18F2N4O2. The smallest absolute Gasteiger partial charge is 0.253 e. The van der Waals surface area contributed by atoms with Crippen molar-refractivity contribution in [3.63, 3.8) is 0 Å². The minimum absolute atomic E-state index is 0.0294. The zero-order valence-electron chi connectivity index (χ0n) is 15.1. The third-order valence-corrected chi connectivity index (χ3v) is 4.81.